The quantitative estimate of drug-likeness (QED) is 0.537. The van der Waals surface area contributed by atoms with Crippen LogP contribution in [0.2, 0.25) is 0 Å². The van der Waals surface area contributed by atoms with Gasteiger partial charge in [0, 0.05) is 17.0 Å². The number of nitrogens with one attached hydrogen (secondary N) is 2. The minimum Gasteiger partial charge on any atom is -0.474 e. The minimum atomic E-state index is -4.43. The van der Waals surface area contributed by atoms with Crippen molar-refractivity contribution in [1.29, 1.82) is 5.41 Å². The van der Waals surface area contributed by atoms with E-state index in [0.717, 1.165) is 30.5 Å². The molecule has 3 rings (SSSR count). The number of aromatic amines is 1. The van der Waals surface area contributed by atoms with Crippen molar-refractivity contribution in [3.63, 3.8) is 0 Å². The molecule has 26 heavy (non-hydrogen) atoms. The molecular formula is C18H12F4N2O2. The third-order valence-electron chi connectivity index (χ3n) is 3.80. The van der Waals surface area contributed by atoms with Gasteiger partial charge >= 0.3 is 6.18 Å². The number of hydrogen-bond acceptors (Lipinski definition) is 3. The van der Waals surface area contributed by atoms with Crippen LogP contribution in [0.3, 0.4) is 0 Å². The summed E-state index contributed by atoms with van der Waals surface area (Å²) < 4.78 is 56.8. The first-order valence-corrected chi connectivity index (χ1v) is 7.44. The van der Waals surface area contributed by atoms with Crippen molar-refractivity contribution in [2.24, 2.45) is 0 Å². The summed E-state index contributed by atoms with van der Waals surface area (Å²) in [7, 11) is 0. The van der Waals surface area contributed by atoms with E-state index in [1.54, 1.807) is 0 Å². The van der Waals surface area contributed by atoms with Gasteiger partial charge in [-0.3, -0.25) is 9.78 Å². The van der Waals surface area contributed by atoms with E-state index in [2.05, 4.69) is 4.98 Å². The van der Waals surface area contributed by atoms with E-state index < -0.39 is 23.1 Å². The number of pyridine rings is 1. The van der Waals surface area contributed by atoms with E-state index in [1.807, 2.05) is 0 Å². The first-order valence-electron chi connectivity index (χ1n) is 7.44. The first-order chi connectivity index (χ1) is 12.3. The van der Waals surface area contributed by atoms with Gasteiger partial charge in [0.15, 0.2) is 0 Å². The maximum atomic E-state index is 13.6. The lowest BCUT2D eigenvalue weighted by atomic mass is 10.1. The molecule has 0 aliphatic heterocycles. The molecule has 0 unspecified atom stereocenters. The summed E-state index contributed by atoms with van der Waals surface area (Å²) >= 11 is 0. The number of ether oxygens (including phenoxy) is 1. The number of alkyl halides is 3. The highest BCUT2D eigenvalue weighted by Gasteiger charge is 2.29. The molecule has 134 valence electrons. The van der Waals surface area contributed by atoms with E-state index in [4.69, 9.17) is 10.1 Å². The number of fused-ring (bicyclic) bond motifs is 1. The summed E-state index contributed by atoms with van der Waals surface area (Å²) in [5.41, 5.74) is -0.861. The molecule has 0 fully saturated rings. The van der Waals surface area contributed by atoms with Crippen LogP contribution in [0.1, 0.15) is 16.7 Å². The maximum absolute atomic E-state index is 13.6. The summed E-state index contributed by atoms with van der Waals surface area (Å²) in [5, 5.41) is 7.93. The van der Waals surface area contributed by atoms with Gasteiger partial charge in [0.1, 0.15) is 12.4 Å². The Morgan fingerprint density at radius 1 is 1.08 bits per heavy atom. The smallest absolute Gasteiger partial charge is 0.416 e. The van der Waals surface area contributed by atoms with Crippen LogP contribution in [0.4, 0.5) is 17.6 Å². The summed E-state index contributed by atoms with van der Waals surface area (Å²) in [6, 6.07) is 8.06. The maximum Gasteiger partial charge on any atom is 0.416 e. The summed E-state index contributed by atoms with van der Waals surface area (Å²) in [5.74, 6) is -0.574. The first kappa shape index (κ1) is 17.7. The fourth-order valence-electron chi connectivity index (χ4n) is 2.50. The minimum absolute atomic E-state index is 0.0185. The molecule has 0 saturated carbocycles. The van der Waals surface area contributed by atoms with Crippen LogP contribution in [0, 0.1) is 11.2 Å². The Hall–Kier alpha value is -3.16. The molecule has 0 spiro atoms. The average molecular weight is 364 g/mol. The normalized spacial score (nSPS) is 11.5. The fourth-order valence-corrected chi connectivity index (χ4v) is 2.50. The molecule has 1 heterocycles. The van der Waals surface area contributed by atoms with Crippen molar-refractivity contribution < 1.29 is 22.3 Å². The number of H-pyrrole nitrogens is 1. The van der Waals surface area contributed by atoms with Gasteiger partial charge in [0.2, 0.25) is 5.88 Å². The number of halogens is 4. The molecular weight excluding hydrogens is 352 g/mol. The van der Waals surface area contributed by atoms with Gasteiger partial charge in [0.25, 0.3) is 5.56 Å². The van der Waals surface area contributed by atoms with Crippen molar-refractivity contribution in [2.45, 2.75) is 12.8 Å². The van der Waals surface area contributed by atoms with Crippen molar-refractivity contribution in [1.82, 2.24) is 4.98 Å². The van der Waals surface area contributed by atoms with Crippen molar-refractivity contribution in [3.8, 4) is 5.88 Å². The van der Waals surface area contributed by atoms with Crippen molar-refractivity contribution in [2.75, 3.05) is 0 Å². The van der Waals surface area contributed by atoms with Crippen molar-refractivity contribution in [3.05, 3.63) is 75.3 Å². The monoisotopic (exact) mass is 364 g/mol. The molecule has 3 aromatic rings. The van der Waals surface area contributed by atoms with Crippen LogP contribution in [0.5, 0.6) is 5.88 Å². The second-order valence-electron chi connectivity index (χ2n) is 5.51. The Kier molecular flexibility index (Phi) is 4.50. The number of aromatic nitrogens is 1. The molecule has 8 heteroatoms. The van der Waals surface area contributed by atoms with Crippen LogP contribution in [-0.4, -0.2) is 11.2 Å². The van der Waals surface area contributed by atoms with Gasteiger partial charge in [0.05, 0.1) is 11.1 Å². The lowest BCUT2D eigenvalue weighted by Gasteiger charge is -2.11. The molecule has 0 amide bonds. The Bertz CT molecular complexity index is 1020. The van der Waals surface area contributed by atoms with Crippen LogP contribution in [-0.2, 0) is 12.8 Å². The molecule has 0 atom stereocenters. The van der Waals surface area contributed by atoms with Crippen molar-refractivity contribution >= 4 is 17.0 Å². The Morgan fingerprint density at radius 3 is 2.38 bits per heavy atom. The predicted molar refractivity (Wildman–Crippen MR) is 88.2 cm³/mol. The number of hydrogen-bond donors (Lipinski definition) is 2. The molecule has 0 radical (unpaired) electrons. The van der Waals surface area contributed by atoms with Crippen LogP contribution in [0.15, 0.2) is 47.3 Å². The highest BCUT2D eigenvalue weighted by Crippen LogP contribution is 2.29. The highest BCUT2D eigenvalue weighted by molar-refractivity contribution is 6.00. The Morgan fingerprint density at radius 2 is 1.77 bits per heavy atom. The lowest BCUT2D eigenvalue weighted by Crippen LogP contribution is -2.14. The van der Waals surface area contributed by atoms with Crippen LogP contribution < -0.4 is 10.3 Å². The molecule has 0 saturated heterocycles. The van der Waals surface area contributed by atoms with E-state index in [-0.39, 0.29) is 23.4 Å². The molecule has 1 aromatic heterocycles. The van der Waals surface area contributed by atoms with E-state index in [1.165, 1.54) is 18.2 Å². The van der Waals surface area contributed by atoms with E-state index in [9.17, 15) is 22.4 Å². The van der Waals surface area contributed by atoms with Crippen LogP contribution >= 0.6 is 0 Å². The third kappa shape index (κ3) is 3.44. The molecule has 4 nitrogen and oxygen atoms in total. The second-order valence-corrected chi connectivity index (χ2v) is 5.51. The summed E-state index contributed by atoms with van der Waals surface area (Å²) in [6.45, 7) is -0.121. The molecule has 2 N–H and O–H groups in total. The number of benzene rings is 2. The standard InChI is InChI=1S/C18H12F4N2O2/c19-12-5-6-13-14(7-12)17(24-16(25)15(13)8-23)26-9-10-1-3-11(4-2-10)18(20,21)22/h1-8,23H,9H2,(H,24,25). The zero-order chi connectivity index (χ0) is 18.9. The van der Waals surface area contributed by atoms with Gasteiger partial charge in [-0.2, -0.15) is 13.2 Å². The molecule has 0 aliphatic rings. The van der Waals surface area contributed by atoms with Gasteiger partial charge in [-0.25, -0.2) is 4.39 Å². The zero-order valence-corrected chi connectivity index (χ0v) is 13.2. The van der Waals surface area contributed by atoms with Gasteiger partial charge in [-0.05, 0) is 29.8 Å². The Labute approximate surface area is 144 Å². The lowest BCUT2D eigenvalue weighted by molar-refractivity contribution is -0.137. The van der Waals surface area contributed by atoms with Crippen LogP contribution in [0.25, 0.3) is 10.8 Å². The topological polar surface area (TPSA) is 65.9 Å². The number of rotatable bonds is 4. The van der Waals surface area contributed by atoms with E-state index >= 15 is 0 Å². The third-order valence-corrected chi connectivity index (χ3v) is 3.80. The van der Waals surface area contributed by atoms with Gasteiger partial charge < -0.3 is 10.1 Å². The zero-order valence-electron chi connectivity index (χ0n) is 13.2. The molecule has 0 bridgehead atoms. The predicted octanol–water partition coefficient (Wildman–Crippen LogP) is 4.26. The Balaban J connectivity index is 1.93. The van der Waals surface area contributed by atoms with Gasteiger partial charge in [-0.1, -0.05) is 18.2 Å². The van der Waals surface area contributed by atoms with Gasteiger partial charge in [-0.15, -0.1) is 0 Å². The van der Waals surface area contributed by atoms with E-state index in [0.29, 0.717) is 10.9 Å². The summed E-state index contributed by atoms with van der Waals surface area (Å²) in [6.07, 6.45) is -3.57. The molecule has 2 aromatic carbocycles. The second kappa shape index (κ2) is 6.62. The molecule has 0 aliphatic carbocycles. The summed E-state index contributed by atoms with van der Waals surface area (Å²) in [4.78, 5) is 14.5. The largest absolute Gasteiger partial charge is 0.474 e. The highest BCUT2D eigenvalue weighted by atomic mass is 19.4. The SMILES string of the molecule is N=Cc1c(=O)[nH]c(OCc2ccc(C(F)(F)F)cc2)c2cc(F)ccc12. The average Bonchev–Trinajstić information content (AvgIpc) is 2.59. The fraction of sp³-hybridized carbons (Fsp3) is 0.111.